The molecule has 1 aliphatic carbocycles. The number of likely N-dealkylation sites (tertiary alicyclic amines) is 2. The van der Waals surface area contributed by atoms with E-state index in [1.165, 1.54) is 11.8 Å². The Bertz CT molecular complexity index is 993. The first-order valence-electron chi connectivity index (χ1n) is 10.9. The van der Waals surface area contributed by atoms with E-state index in [-0.39, 0.29) is 28.8 Å². The van der Waals surface area contributed by atoms with Gasteiger partial charge in [-0.2, -0.15) is 0 Å². The quantitative estimate of drug-likeness (QED) is 0.793. The van der Waals surface area contributed by atoms with E-state index in [2.05, 4.69) is 39.1 Å². The molecule has 3 fully saturated rings. The average molecular weight is 409 g/mol. The van der Waals surface area contributed by atoms with Crippen LogP contribution in [-0.2, 0) is 11.2 Å². The lowest BCUT2D eigenvalue weighted by molar-refractivity contribution is -0.137. The number of aryl methyl sites for hydroxylation is 1. The van der Waals surface area contributed by atoms with Crippen molar-refractivity contribution in [2.75, 3.05) is 26.2 Å². The second-order valence-electron chi connectivity index (χ2n) is 9.23. The van der Waals surface area contributed by atoms with Crippen LogP contribution in [0, 0.1) is 17.3 Å². The fourth-order valence-electron chi connectivity index (χ4n) is 5.43. The fourth-order valence-corrected chi connectivity index (χ4v) is 5.43. The van der Waals surface area contributed by atoms with Crippen LogP contribution in [0.2, 0.25) is 0 Å². The number of rotatable bonds is 5. The van der Waals surface area contributed by atoms with Crippen LogP contribution < -0.4 is 5.69 Å². The molecule has 2 saturated heterocycles. The van der Waals surface area contributed by atoms with Crippen LogP contribution in [0.5, 0.6) is 0 Å². The molecule has 30 heavy (non-hydrogen) atoms. The van der Waals surface area contributed by atoms with E-state index in [9.17, 15) is 14.4 Å². The van der Waals surface area contributed by atoms with Gasteiger partial charge in [-0.1, -0.05) is 36.8 Å². The molecule has 2 aromatic rings. The fraction of sp³-hybridized carbons (Fsp3) is 0.522. The van der Waals surface area contributed by atoms with Gasteiger partial charge in [-0.3, -0.25) is 9.59 Å². The molecule has 0 bridgehead atoms. The molecule has 158 valence electrons. The van der Waals surface area contributed by atoms with Crippen LogP contribution in [0.15, 0.2) is 41.3 Å². The van der Waals surface area contributed by atoms with E-state index in [0.29, 0.717) is 24.7 Å². The number of nitrogens with zero attached hydrogens (tertiary/aromatic N) is 2. The van der Waals surface area contributed by atoms with Crippen molar-refractivity contribution in [3.63, 3.8) is 0 Å². The van der Waals surface area contributed by atoms with Gasteiger partial charge >= 0.3 is 5.69 Å². The summed E-state index contributed by atoms with van der Waals surface area (Å²) in [5, 5.41) is 0. The van der Waals surface area contributed by atoms with Crippen molar-refractivity contribution in [1.82, 2.24) is 19.8 Å². The van der Waals surface area contributed by atoms with Crippen molar-refractivity contribution >= 4 is 11.8 Å². The maximum atomic E-state index is 12.9. The summed E-state index contributed by atoms with van der Waals surface area (Å²) in [4.78, 5) is 46.3. The number of carbonyl (C=O) groups is 2. The van der Waals surface area contributed by atoms with Crippen LogP contribution >= 0.6 is 0 Å². The lowest BCUT2D eigenvalue weighted by Gasteiger charge is -2.32. The number of H-pyrrole nitrogens is 2. The smallest absolute Gasteiger partial charge is 0.323 e. The Kier molecular flexibility index (Phi) is 4.76. The van der Waals surface area contributed by atoms with Gasteiger partial charge in [0.25, 0.3) is 5.91 Å². The maximum absolute atomic E-state index is 12.9. The highest BCUT2D eigenvalue weighted by molar-refractivity contribution is 5.92. The monoisotopic (exact) mass is 408 g/mol. The second-order valence-corrected chi connectivity index (χ2v) is 9.23. The maximum Gasteiger partial charge on any atom is 0.323 e. The SMILES string of the molecule is O=C(c1c[nH]c(=O)[nH]1)N1C[C@H]2CN(C(=O)C3CCC3)C[C@@]2(CCc2ccccc2)C1. The number of fused-ring (bicyclic) bond motifs is 1. The molecule has 2 aliphatic heterocycles. The molecule has 2 amide bonds. The van der Waals surface area contributed by atoms with Crippen LogP contribution in [0.1, 0.15) is 41.7 Å². The van der Waals surface area contributed by atoms with Gasteiger partial charge in [0.1, 0.15) is 5.69 Å². The van der Waals surface area contributed by atoms with E-state index in [1.54, 1.807) is 0 Å². The van der Waals surface area contributed by atoms with Crippen LogP contribution in [0.25, 0.3) is 0 Å². The van der Waals surface area contributed by atoms with Crippen molar-refractivity contribution < 1.29 is 9.59 Å². The number of hydrogen-bond donors (Lipinski definition) is 2. The number of carbonyl (C=O) groups excluding carboxylic acids is 2. The number of hydrogen-bond acceptors (Lipinski definition) is 3. The zero-order valence-electron chi connectivity index (χ0n) is 17.1. The average Bonchev–Trinajstić information content (AvgIpc) is 3.37. The zero-order valence-corrected chi connectivity index (χ0v) is 17.1. The lowest BCUT2D eigenvalue weighted by Crippen LogP contribution is -2.42. The summed E-state index contributed by atoms with van der Waals surface area (Å²) in [6.45, 7) is 2.73. The summed E-state index contributed by atoms with van der Waals surface area (Å²) in [6, 6.07) is 10.4. The van der Waals surface area contributed by atoms with Gasteiger partial charge in [-0.25, -0.2) is 4.79 Å². The highest BCUT2D eigenvalue weighted by atomic mass is 16.2. The molecule has 5 rings (SSSR count). The van der Waals surface area contributed by atoms with E-state index >= 15 is 0 Å². The topological polar surface area (TPSA) is 89.3 Å². The van der Waals surface area contributed by atoms with Gasteiger partial charge in [0.2, 0.25) is 5.91 Å². The van der Waals surface area contributed by atoms with Crippen LogP contribution in [-0.4, -0.2) is 57.8 Å². The summed E-state index contributed by atoms with van der Waals surface area (Å²) < 4.78 is 0. The third-order valence-electron chi connectivity index (χ3n) is 7.39. The molecule has 1 aromatic carbocycles. The minimum absolute atomic E-state index is 0.0818. The summed E-state index contributed by atoms with van der Waals surface area (Å²) in [7, 11) is 0. The Morgan fingerprint density at radius 3 is 2.47 bits per heavy atom. The minimum atomic E-state index is -0.367. The molecule has 0 radical (unpaired) electrons. The molecule has 7 nitrogen and oxygen atoms in total. The Balaban J connectivity index is 1.35. The van der Waals surface area contributed by atoms with Crippen molar-refractivity contribution in [2.45, 2.75) is 32.1 Å². The number of aromatic amines is 2. The molecule has 1 aromatic heterocycles. The number of nitrogens with one attached hydrogen (secondary N) is 2. The Morgan fingerprint density at radius 1 is 1.07 bits per heavy atom. The second kappa shape index (κ2) is 7.45. The molecule has 2 N–H and O–H groups in total. The predicted molar refractivity (Wildman–Crippen MR) is 112 cm³/mol. The van der Waals surface area contributed by atoms with Crippen molar-refractivity contribution in [3.8, 4) is 0 Å². The third kappa shape index (κ3) is 3.36. The number of imidazole rings is 1. The molecular formula is C23H28N4O3. The first-order valence-corrected chi connectivity index (χ1v) is 10.9. The van der Waals surface area contributed by atoms with Crippen molar-refractivity contribution in [3.05, 3.63) is 58.3 Å². The summed E-state index contributed by atoms with van der Waals surface area (Å²) in [5.41, 5.74) is 1.14. The van der Waals surface area contributed by atoms with Gasteiger partial charge in [0, 0.05) is 49.6 Å². The van der Waals surface area contributed by atoms with E-state index < -0.39 is 0 Å². The van der Waals surface area contributed by atoms with Crippen molar-refractivity contribution in [2.24, 2.45) is 17.3 Å². The largest absolute Gasteiger partial charge is 0.341 e. The van der Waals surface area contributed by atoms with E-state index in [4.69, 9.17) is 0 Å². The van der Waals surface area contributed by atoms with Gasteiger partial charge in [-0.15, -0.1) is 0 Å². The highest BCUT2D eigenvalue weighted by Gasteiger charge is 2.54. The first kappa shape index (κ1) is 19.2. The lowest BCUT2D eigenvalue weighted by atomic mass is 9.76. The number of benzene rings is 1. The van der Waals surface area contributed by atoms with E-state index in [0.717, 1.165) is 45.2 Å². The molecule has 1 saturated carbocycles. The first-order chi connectivity index (χ1) is 14.5. The molecule has 0 spiro atoms. The van der Waals surface area contributed by atoms with E-state index in [1.807, 2.05) is 11.0 Å². The zero-order chi connectivity index (χ0) is 20.7. The highest BCUT2D eigenvalue weighted by Crippen LogP contribution is 2.47. The van der Waals surface area contributed by atoms with Gasteiger partial charge in [0.15, 0.2) is 0 Å². The summed E-state index contributed by atoms with van der Waals surface area (Å²) in [5.74, 6) is 0.652. The number of aromatic nitrogens is 2. The Hall–Kier alpha value is -2.83. The Labute approximate surface area is 175 Å². The van der Waals surface area contributed by atoms with Crippen molar-refractivity contribution in [1.29, 1.82) is 0 Å². The Morgan fingerprint density at radius 2 is 1.80 bits per heavy atom. The molecule has 0 unspecified atom stereocenters. The minimum Gasteiger partial charge on any atom is -0.341 e. The predicted octanol–water partition coefficient (Wildman–Crippen LogP) is 2.04. The molecule has 3 heterocycles. The summed E-state index contributed by atoms with van der Waals surface area (Å²) >= 11 is 0. The number of amides is 2. The molecule has 7 heteroatoms. The van der Waals surface area contributed by atoms with Gasteiger partial charge in [-0.05, 0) is 31.2 Å². The van der Waals surface area contributed by atoms with Crippen LogP contribution in [0.4, 0.5) is 0 Å². The molecule has 2 atom stereocenters. The van der Waals surface area contributed by atoms with Gasteiger partial charge < -0.3 is 19.8 Å². The summed E-state index contributed by atoms with van der Waals surface area (Å²) in [6.07, 6.45) is 6.52. The standard InChI is InChI=1S/C23H28N4O3/c28-20(17-7-4-8-17)26-12-18-13-27(21(29)19-11-24-22(30)25-19)15-23(18,14-26)10-9-16-5-2-1-3-6-16/h1-3,5-6,11,17-18H,4,7-10,12-15H2,(H2,24,25,30)/t18-,23+/m1/s1. The third-order valence-corrected chi connectivity index (χ3v) is 7.39. The molecule has 3 aliphatic rings. The molecular weight excluding hydrogens is 380 g/mol. The van der Waals surface area contributed by atoms with Crippen LogP contribution in [0.3, 0.4) is 0 Å². The van der Waals surface area contributed by atoms with Gasteiger partial charge in [0.05, 0.1) is 0 Å². The normalized spacial score (nSPS) is 25.9.